The fourth-order valence-electron chi connectivity index (χ4n) is 1.46. The molecule has 19 heavy (non-hydrogen) atoms. The van der Waals surface area contributed by atoms with E-state index in [1.807, 2.05) is 30.3 Å². The first-order valence-corrected chi connectivity index (χ1v) is 5.96. The van der Waals surface area contributed by atoms with Crippen LogP contribution >= 0.6 is 0 Å². The standard InChI is InChI=1S/C13H14N4O2/c1-2-19-12(18)9-6-10-17-15-13(14-16-17)11-7-4-3-5-8-11/h3-9H,2,10H2,1H3/b9-6+. The largest absolute Gasteiger partial charge is 0.463 e. The average molecular weight is 258 g/mol. The van der Waals surface area contributed by atoms with Gasteiger partial charge in [0.1, 0.15) is 0 Å². The minimum absolute atomic E-state index is 0.364. The quantitative estimate of drug-likeness (QED) is 0.600. The Bertz CT molecular complexity index is 563. The van der Waals surface area contributed by atoms with Crippen molar-refractivity contribution in [2.24, 2.45) is 0 Å². The van der Waals surface area contributed by atoms with Gasteiger partial charge in [0.2, 0.25) is 5.82 Å². The molecule has 2 aromatic rings. The van der Waals surface area contributed by atoms with E-state index in [0.29, 0.717) is 19.0 Å². The van der Waals surface area contributed by atoms with Crippen molar-refractivity contribution in [3.8, 4) is 11.4 Å². The number of nitrogens with zero attached hydrogens (tertiary/aromatic N) is 4. The third kappa shape index (κ3) is 3.74. The van der Waals surface area contributed by atoms with E-state index in [2.05, 4.69) is 15.4 Å². The zero-order valence-electron chi connectivity index (χ0n) is 10.6. The summed E-state index contributed by atoms with van der Waals surface area (Å²) in [5.74, 6) is 0.191. The molecule has 0 radical (unpaired) electrons. The molecule has 0 fully saturated rings. The van der Waals surface area contributed by atoms with Gasteiger partial charge in [0.25, 0.3) is 0 Å². The van der Waals surface area contributed by atoms with Crippen LogP contribution in [0.1, 0.15) is 6.92 Å². The van der Waals surface area contributed by atoms with Gasteiger partial charge in [-0.15, -0.1) is 10.2 Å². The average Bonchev–Trinajstić information content (AvgIpc) is 2.89. The second kappa shape index (κ2) is 6.44. The molecular weight excluding hydrogens is 244 g/mol. The topological polar surface area (TPSA) is 69.9 Å². The van der Waals surface area contributed by atoms with Gasteiger partial charge in [-0.2, -0.15) is 4.80 Å². The van der Waals surface area contributed by atoms with Gasteiger partial charge in [0.05, 0.1) is 13.2 Å². The summed E-state index contributed by atoms with van der Waals surface area (Å²) < 4.78 is 4.76. The van der Waals surface area contributed by atoms with Gasteiger partial charge in [0.15, 0.2) is 0 Å². The molecule has 0 aliphatic heterocycles. The van der Waals surface area contributed by atoms with Crippen LogP contribution in [0.5, 0.6) is 0 Å². The number of tetrazole rings is 1. The number of benzene rings is 1. The molecule has 1 aromatic heterocycles. The molecule has 0 spiro atoms. The number of hydrogen-bond donors (Lipinski definition) is 0. The van der Waals surface area contributed by atoms with Crippen molar-refractivity contribution in [2.45, 2.75) is 13.5 Å². The zero-order valence-corrected chi connectivity index (χ0v) is 10.6. The lowest BCUT2D eigenvalue weighted by Gasteiger charge is -1.94. The first kappa shape index (κ1) is 12.9. The lowest BCUT2D eigenvalue weighted by atomic mass is 10.2. The second-order valence-electron chi connectivity index (χ2n) is 3.69. The van der Waals surface area contributed by atoms with Crippen molar-refractivity contribution < 1.29 is 9.53 Å². The molecule has 0 amide bonds. The predicted octanol–water partition coefficient (Wildman–Crippen LogP) is 1.46. The number of rotatable bonds is 5. The van der Waals surface area contributed by atoms with Gasteiger partial charge in [-0.3, -0.25) is 0 Å². The number of hydrogen-bond acceptors (Lipinski definition) is 5. The van der Waals surface area contributed by atoms with E-state index < -0.39 is 0 Å². The van der Waals surface area contributed by atoms with Crippen molar-refractivity contribution in [1.82, 2.24) is 20.2 Å². The number of allylic oxidation sites excluding steroid dienone is 1. The zero-order chi connectivity index (χ0) is 13.5. The van der Waals surface area contributed by atoms with Crippen molar-refractivity contribution in [3.05, 3.63) is 42.5 Å². The molecule has 2 rings (SSSR count). The van der Waals surface area contributed by atoms with E-state index in [9.17, 15) is 4.79 Å². The molecule has 0 atom stereocenters. The monoisotopic (exact) mass is 258 g/mol. The number of aromatic nitrogens is 4. The van der Waals surface area contributed by atoms with E-state index >= 15 is 0 Å². The molecule has 6 nitrogen and oxygen atoms in total. The lowest BCUT2D eigenvalue weighted by molar-refractivity contribution is -0.137. The third-order valence-electron chi connectivity index (χ3n) is 2.29. The smallest absolute Gasteiger partial charge is 0.330 e. The number of ether oxygens (including phenoxy) is 1. The molecule has 0 saturated heterocycles. The van der Waals surface area contributed by atoms with Crippen molar-refractivity contribution in [2.75, 3.05) is 6.61 Å². The molecule has 0 bridgehead atoms. The van der Waals surface area contributed by atoms with Crippen LogP contribution in [-0.4, -0.2) is 32.8 Å². The minimum Gasteiger partial charge on any atom is -0.463 e. The second-order valence-corrected chi connectivity index (χ2v) is 3.69. The summed E-state index contributed by atoms with van der Waals surface area (Å²) in [7, 11) is 0. The minimum atomic E-state index is -0.370. The summed E-state index contributed by atoms with van der Waals surface area (Å²) in [5.41, 5.74) is 0.906. The van der Waals surface area contributed by atoms with Crippen LogP contribution in [0.2, 0.25) is 0 Å². The highest BCUT2D eigenvalue weighted by molar-refractivity contribution is 5.81. The van der Waals surface area contributed by atoms with Gasteiger partial charge >= 0.3 is 5.97 Å². The van der Waals surface area contributed by atoms with E-state index in [1.165, 1.54) is 10.9 Å². The molecule has 0 aliphatic carbocycles. The third-order valence-corrected chi connectivity index (χ3v) is 2.29. The Morgan fingerprint density at radius 1 is 1.37 bits per heavy atom. The van der Waals surface area contributed by atoms with Crippen LogP contribution in [0.4, 0.5) is 0 Å². The van der Waals surface area contributed by atoms with Crippen LogP contribution in [0.15, 0.2) is 42.5 Å². The highest BCUT2D eigenvalue weighted by Crippen LogP contribution is 2.11. The Morgan fingerprint density at radius 3 is 2.89 bits per heavy atom. The highest BCUT2D eigenvalue weighted by atomic mass is 16.5. The predicted molar refractivity (Wildman–Crippen MR) is 69.0 cm³/mol. The Morgan fingerprint density at radius 2 is 2.16 bits per heavy atom. The van der Waals surface area contributed by atoms with Gasteiger partial charge in [0, 0.05) is 11.6 Å². The summed E-state index contributed by atoms with van der Waals surface area (Å²) >= 11 is 0. The fourth-order valence-corrected chi connectivity index (χ4v) is 1.46. The Labute approximate surface area is 110 Å². The van der Waals surface area contributed by atoms with Gasteiger partial charge < -0.3 is 4.74 Å². The first-order valence-electron chi connectivity index (χ1n) is 5.96. The molecule has 0 N–H and O–H groups in total. The number of carbonyl (C=O) groups excluding carboxylic acids is 1. The maximum Gasteiger partial charge on any atom is 0.330 e. The van der Waals surface area contributed by atoms with Gasteiger partial charge in [-0.05, 0) is 12.1 Å². The molecule has 0 aliphatic rings. The summed E-state index contributed by atoms with van der Waals surface area (Å²) in [6.07, 6.45) is 2.99. The molecule has 98 valence electrons. The first-order chi connectivity index (χ1) is 9.29. The molecular formula is C13H14N4O2. The molecule has 6 heteroatoms. The van der Waals surface area contributed by atoms with Crippen LogP contribution < -0.4 is 0 Å². The summed E-state index contributed by atoms with van der Waals surface area (Å²) in [4.78, 5) is 12.5. The SMILES string of the molecule is CCOC(=O)/C=C/Cn1nnc(-c2ccccc2)n1. The Balaban J connectivity index is 1.97. The molecule has 0 saturated carbocycles. The number of esters is 1. The Hall–Kier alpha value is -2.50. The van der Waals surface area contributed by atoms with E-state index in [4.69, 9.17) is 4.74 Å². The number of carbonyl (C=O) groups is 1. The van der Waals surface area contributed by atoms with Crippen LogP contribution in [0.3, 0.4) is 0 Å². The summed E-state index contributed by atoms with van der Waals surface area (Å²) in [6, 6.07) is 9.58. The van der Waals surface area contributed by atoms with Crippen LogP contribution in [-0.2, 0) is 16.1 Å². The van der Waals surface area contributed by atoms with E-state index in [-0.39, 0.29) is 5.97 Å². The summed E-state index contributed by atoms with van der Waals surface area (Å²) in [5, 5.41) is 12.1. The molecule has 1 aromatic carbocycles. The van der Waals surface area contributed by atoms with E-state index in [0.717, 1.165) is 5.56 Å². The molecule has 0 unspecified atom stereocenters. The lowest BCUT2D eigenvalue weighted by Crippen LogP contribution is -2.03. The highest BCUT2D eigenvalue weighted by Gasteiger charge is 2.03. The Kier molecular flexibility index (Phi) is 4.39. The van der Waals surface area contributed by atoms with Crippen molar-refractivity contribution >= 4 is 5.97 Å². The van der Waals surface area contributed by atoms with Crippen LogP contribution in [0, 0.1) is 0 Å². The fraction of sp³-hybridized carbons (Fsp3) is 0.231. The van der Waals surface area contributed by atoms with E-state index in [1.54, 1.807) is 13.0 Å². The molecule has 1 heterocycles. The summed E-state index contributed by atoms with van der Waals surface area (Å²) in [6.45, 7) is 2.50. The van der Waals surface area contributed by atoms with Gasteiger partial charge in [-0.1, -0.05) is 36.4 Å². The maximum absolute atomic E-state index is 11.1. The van der Waals surface area contributed by atoms with Crippen molar-refractivity contribution in [3.63, 3.8) is 0 Å². The van der Waals surface area contributed by atoms with Crippen LogP contribution in [0.25, 0.3) is 11.4 Å². The maximum atomic E-state index is 11.1. The van der Waals surface area contributed by atoms with Gasteiger partial charge in [-0.25, -0.2) is 4.79 Å². The van der Waals surface area contributed by atoms with Crippen molar-refractivity contribution in [1.29, 1.82) is 0 Å². The normalized spacial score (nSPS) is 10.8.